The van der Waals surface area contributed by atoms with Gasteiger partial charge in [0.25, 0.3) is 0 Å². The van der Waals surface area contributed by atoms with Crippen LogP contribution in [0.15, 0.2) is 0 Å². The van der Waals surface area contributed by atoms with Crippen molar-refractivity contribution in [1.29, 1.82) is 0 Å². The Kier molecular flexibility index (Phi) is 6.11. The van der Waals surface area contributed by atoms with E-state index in [9.17, 15) is 14.4 Å². The van der Waals surface area contributed by atoms with Crippen LogP contribution in [0.25, 0.3) is 0 Å². The summed E-state index contributed by atoms with van der Waals surface area (Å²) < 4.78 is 0. The normalized spacial score (nSPS) is 15.9. The van der Waals surface area contributed by atoms with E-state index in [1.54, 1.807) is 11.8 Å². The van der Waals surface area contributed by atoms with Crippen molar-refractivity contribution in [3.05, 3.63) is 0 Å². The molecule has 0 saturated carbocycles. The molecule has 1 unspecified atom stereocenters. The van der Waals surface area contributed by atoms with Crippen molar-refractivity contribution in [3.63, 3.8) is 0 Å². The minimum Gasteiger partial charge on any atom is -0.481 e. The van der Waals surface area contributed by atoms with Crippen LogP contribution >= 0.6 is 0 Å². The van der Waals surface area contributed by atoms with Crippen LogP contribution in [0.2, 0.25) is 0 Å². The molecule has 0 bridgehead atoms. The highest BCUT2D eigenvalue weighted by molar-refractivity contribution is 5.84. The van der Waals surface area contributed by atoms with Crippen LogP contribution in [0.5, 0.6) is 0 Å². The maximum atomic E-state index is 11.6. The number of hydrogen-bond donors (Lipinski definition) is 3. The highest BCUT2D eigenvalue weighted by atomic mass is 16.4. The van der Waals surface area contributed by atoms with Crippen LogP contribution in [-0.2, 0) is 9.59 Å². The fourth-order valence-electron chi connectivity index (χ4n) is 1.93. The predicted molar refractivity (Wildman–Crippen MR) is 68.6 cm³/mol. The zero-order chi connectivity index (χ0) is 14.3. The van der Waals surface area contributed by atoms with Gasteiger partial charge in [0.2, 0.25) is 5.91 Å². The summed E-state index contributed by atoms with van der Waals surface area (Å²) in [7, 11) is 0. The van der Waals surface area contributed by atoms with Crippen molar-refractivity contribution in [3.8, 4) is 0 Å². The molecule has 19 heavy (non-hydrogen) atoms. The molecule has 7 nitrogen and oxygen atoms in total. The van der Waals surface area contributed by atoms with E-state index in [4.69, 9.17) is 5.11 Å². The Labute approximate surface area is 112 Å². The van der Waals surface area contributed by atoms with E-state index in [1.165, 1.54) is 0 Å². The lowest BCUT2D eigenvalue weighted by molar-refractivity contribution is -0.138. The quantitative estimate of drug-likeness (QED) is 0.634. The summed E-state index contributed by atoms with van der Waals surface area (Å²) in [4.78, 5) is 35.2. The predicted octanol–water partition coefficient (Wildman–Crippen LogP) is 0.0188. The number of urea groups is 1. The van der Waals surface area contributed by atoms with Gasteiger partial charge in [-0.3, -0.25) is 9.59 Å². The number of carboxylic acids is 1. The summed E-state index contributed by atoms with van der Waals surface area (Å²) in [5.74, 6) is -1.11. The molecule has 1 heterocycles. The van der Waals surface area contributed by atoms with Crippen molar-refractivity contribution in [2.24, 2.45) is 5.92 Å². The molecule has 1 aliphatic heterocycles. The second-order valence-corrected chi connectivity index (χ2v) is 4.85. The first-order valence-electron chi connectivity index (χ1n) is 6.50. The summed E-state index contributed by atoms with van der Waals surface area (Å²) in [5.41, 5.74) is 0. The van der Waals surface area contributed by atoms with Crippen molar-refractivity contribution in [2.45, 2.75) is 26.2 Å². The van der Waals surface area contributed by atoms with Gasteiger partial charge in [-0.15, -0.1) is 0 Å². The molecule has 7 heteroatoms. The Morgan fingerprint density at radius 1 is 1.21 bits per heavy atom. The molecule has 0 radical (unpaired) electrons. The van der Waals surface area contributed by atoms with Crippen LogP contribution in [0.3, 0.4) is 0 Å². The first-order chi connectivity index (χ1) is 8.99. The second kappa shape index (κ2) is 7.60. The molecule has 0 aromatic heterocycles. The smallest absolute Gasteiger partial charge is 0.315 e. The van der Waals surface area contributed by atoms with E-state index in [0.29, 0.717) is 0 Å². The summed E-state index contributed by atoms with van der Waals surface area (Å²) in [6, 6.07) is -0.440. The number of likely N-dealkylation sites (tertiary alicyclic amines) is 1. The molecular formula is C12H21N3O4. The molecule has 1 fully saturated rings. The fraction of sp³-hybridized carbons (Fsp3) is 0.750. The lowest BCUT2D eigenvalue weighted by Gasteiger charge is -2.16. The van der Waals surface area contributed by atoms with E-state index in [0.717, 1.165) is 25.9 Å². The number of hydrogen-bond acceptors (Lipinski definition) is 3. The Bertz CT molecular complexity index is 340. The molecule has 1 rings (SSSR count). The van der Waals surface area contributed by atoms with Gasteiger partial charge >= 0.3 is 12.0 Å². The average molecular weight is 271 g/mol. The average Bonchev–Trinajstić information content (AvgIpc) is 2.86. The molecule has 1 atom stereocenters. The summed E-state index contributed by atoms with van der Waals surface area (Å²) >= 11 is 0. The number of amides is 3. The van der Waals surface area contributed by atoms with E-state index in [1.807, 2.05) is 0 Å². The molecule has 0 aliphatic carbocycles. The molecule has 3 N–H and O–H groups in total. The summed E-state index contributed by atoms with van der Waals surface area (Å²) in [6.45, 7) is 3.52. The van der Waals surface area contributed by atoms with Gasteiger partial charge in [-0.25, -0.2) is 4.79 Å². The Morgan fingerprint density at radius 3 is 2.42 bits per heavy atom. The maximum Gasteiger partial charge on any atom is 0.315 e. The highest BCUT2D eigenvalue weighted by Gasteiger charge is 2.18. The number of carboxylic acid groups (broad SMARTS) is 1. The molecule has 0 aromatic rings. The van der Waals surface area contributed by atoms with E-state index >= 15 is 0 Å². The number of rotatable bonds is 6. The molecule has 0 spiro atoms. The van der Waals surface area contributed by atoms with Crippen LogP contribution in [-0.4, -0.2) is 54.1 Å². The molecule has 0 aromatic carbocycles. The number of carbonyl (C=O) groups is 3. The van der Waals surface area contributed by atoms with Gasteiger partial charge in [0.15, 0.2) is 0 Å². The van der Waals surface area contributed by atoms with Crippen LogP contribution in [0.4, 0.5) is 4.79 Å². The first kappa shape index (κ1) is 15.3. The number of nitrogens with one attached hydrogen (secondary N) is 2. The monoisotopic (exact) mass is 271 g/mol. The maximum absolute atomic E-state index is 11.6. The van der Waals surface area contributed by atoms with Gasteiger partial charge in [0, 0.05) is 26.1 Å². The van der Waals surface area contributed by atoms with E-state index in [-0.39, 0.29) is 31.3 Å². The summed E-state index contributed by atoms with van der Waals surface area (Å²) in [6.07, 6.45) is 2.04. The van der Waals surface area contributed by atoms with Gasteiger partial charge < -0.3 is 20.6 Å². The van der Waals surface area contributed by atoms with Crippen molar-refractivity contribution < 1.29 is 19.5 Å². The Morgan fingerprint density at radius 2 is 1.84 bits per heavy atom. The van der Waals surface area contributed by atoms with Gasteiger partial charge in [0.05, 0.1) is 6.54 Å². The minimum atomic E-state index is -0.890. The first-order valence-corrected chi connectivity index (χ1v) is 6.50. The second-order valence-electron chi connectivity index (χ2n) is 4.85. The topological polar surface area (TPSA) is 98.7 Å². The van der Waals surface area contributed by atoms with Crippen molar-refractivity contribution >= 4 is 17.9 Å². The largest absolute Gasteiger partial charge is 0.481 e. The van der Waals surface area contributed by atoms with Crippen molar-refractivity contribution in [1.82, 2.24) is 15.5 Å². The number of nitrogens with zero attached hydrogens (tertiary/aromatic N) is 1. The van der Waals surface area contributed by atoms with Gasteiger partial charge in [0.1, 0.15) is 0 Å². The van der Waals surface area contributed by atoms with Crippen molar-refractivity contribution in [2.75, 3.05) is 26.2 Å². The zero-order valence-electron chi connectivity index (χ0n) is 11.1. The summed E-state index contributed by atoms with van der Waals surface area (Å²) in [5, 5.41) is 13.6. The standard InChI is InChI=1S/C12H21N3O4/c1-9(6-11(17)18)7-13-12(19)14-8-10(16)15-4-2-3-5-15/h9H,2-8H2,1H3,(H,17,18)(H2,13,14,19). The Hall–Kier alpha value is -1.79. The number of carbonyl (C=O) groups excluding carboxylic acids is 2. The molecular weight excluding hydrogens is 250 g/mol. The zero-order valence-corrected chi connectivity index (χ0v) is 11.1. The van der Waals surface area contributed by atoms with Crippen LogP contribution in [0, 0.1) is 5.92 Å². The van der Waals surface area contributed by atoms with Gasteiger partial charge in [-0.1, -0.05) is 6.92 Å². The third-order valence-corrected chi connectivity index (χ3v) is 2.99. The van der Waals surface area contributed by atoms with Crippen LogP contribution in [0.1, 0.15) is 26.2 Å². The molecule has 1 aliphatic rings. The SMILES string of the molecule is CC(CNC(=O)NCC(=O)N1CCCC1)CC(=O)O. The molecule has 108 valence electrons. The lowest BCUT2D eigenvalue weighted by atomic mass is 10.1. The minimum absolute atomic E-state index is 0.00693. The van der Waals surface area contributed by atoms with Gasteiger partial charge in [-0.2, -0.15) is 0 Å². The number of aliphatic carboxylic acids is 1. The third kappa shape index (κ3) is 6.08. The van der Waals surface area contributed by atoms with Gasteiger partial charge in [-0.05, 0) is 18.8 Å². The van der Waals surface area contributed by atoms with E-state index < -0.39 is 12.0 Å². The lowest BCUT2D eigenvalue weighted by Crippen LogP contribution is -2.44. The molecule has 1 saturated heterocycles. The fourth-order valence-corrected chi connectivity index (χ4v) is 1.93. The highest BCUT2D eigenvalue weighted by Crippen LogP contribution is 2.06. The van der Waals surface area contributed by atoms with Crippen LogP contribution < -0.4 is 10.6 Å². The Balaban J connectivity index is 2.13. The molecule has 3 amide bonds. The third-order valence-electron chi connectivity index (χ3n) is 2.99. The van der Waals surface area contributed by atoms with E-state index in [2.05, 4.69) is 10.6 Å².